The summed E-state index contributed by atoms with van der Waals surface area (Å²) in [5, 5.41) is 1.36. The van der Waals surface area contributed by atoms with Crippen molar-refractivity contribution >= 4 is 10.9 Å². The van der Waals surface area contributed by atoms with Gasteiger partial charge in [-0.1, -0.05) is 11.6 Å². The van der Waals surface area contributed by atoms with Crippen molar-refractivity contribution in [3.63, 3.8) is 0 Å². The molecule has 0 radical (unpaired) electrons. The fourth-order valence-corrected chi connectivity index (χ4v) is 2.70. The Kier molecular flexibility index (Phi) is 1.86. The zero-order valence-electron chi connectivity index (χ0n) is 9.03. The molecule has 0 spiro atoms. The SMILES string of the molecule is Cc1ccc2c(c1)cc1n2C(CN)CC1. The second-order valence-corrected chi connectivity index (χ2v) is 4.50. The molecule has 0 saturated heterocycles. The molecule has 1 aliphatic heterocycles. The number of hydrogen-bond donors (Lipinski definition) is 1. The van der Waals surface area contributed by atoms with Crippen molar-refractivity contribution in [2.24, 2.45) is 5.73 Å². The van der Waals surface area contributed by atoms with Gasteiger partial charge >= 0.3 is 0 Å². The molecule has 0 bridgehead atoms. The summed E-state index contributed by atoms with van der Waals surface area (Å²) in [4.78, 5) is 0. The summed E-state index contributed by atoms with van der Waals surface area (Å²) in [5.74, 6) is 0. The van der Waals surface area contributed by atoms with Crippen molar-refractivity contribution in [1.82, 2.24) is 4.57 Å². The van der Waals surface area contributed by atoms with Crippen LogP contribution in [0.1, 0.15) is 23.7 Å². The zero-order valence-corrected chi connectivity index (χ0v) is 9.03. The van der Waals surface area contributed by atoms with E-state index >= 15 is 0 Å². The Bertz CT molecular complexity index is 510. The minimum absolute atomic E-state index is 0.514. The van der Waals surface area contributed by atoms with Crippen LogP contribution < -0.4 is 5.73 Å². The van der Waals surface area contributed by atoms with Gasteiger partial charge in [0.1, 0.15) is 0 Å². The van der Waals surface area contributed by atoms with Crippen molar-refractivity contribution in [3.05, 3.63) is 35.5 Å². The molecular weight excluding hydrogens is 184 g/mol. The third-order valence-electron chi connectivity index (χ3n) is 3.45. The molecule has 3 rings (SSSR count). The molecule has 1 unspecified atom stereocenters. The lowest BCUT2D eigenvalue weighted by Gasteiger charge is -2.12. The maximum atomic E-state index is 5.81. The summed E-state index contributed by atoms with van der Waals surface area (Å²) in [6.07, 6.45) is 2.38. The predicted molar refractivity (Wildman–Crippen MR) is 63.1 cm³/mol. The van der Waals surface area contributed by atoms with Gasteiger partial charge in [0.15, 0.2) is 0 Å². The first-order valence-corrected chi connectivity index (χ1v) is 5.60. The van der Waals surface area contributed by atoms with Gasteiger partial charge < -0.3 is 10.3 Å². The van der Waals surface area contributed by atoms with E-state index in [-0.39, 0.29) is 0 Å². The highest BCUT2D eigenvalue weighted by molar-refractivity contribution is 5.82. The lowest BCUT2D eigenvalue weighted by atomic mass is 10.1. The third kappa shape index (κ3) is 1.21. The van der Waals surface area contributed by atoms with E-state index < -0.39 is 0 Å². The lowest BCUT2D eigenvalue weighted by Crippen LogP contribution is -2.15. The molecule has 0 fully saturated rings. The molecule has 15 heavy (non-hydrogen) atoms. The minimum Gasteiger partial charge on any atom is -0.340 e. The monoisotopic (exact) mass is 200 g/mol. The third-order valence-corrected chi connectivity index (χ3v) is 3.45. The van der Waals surface area contributed by atoms with Crippen molar-refractivity contribution in [1.29, 1.82) is 0 Å². The van der Waals surface area contributed by atoms with Gasteiger partial charge in [-0.2, -0.15) is 0 Å². The van der Waals surface area contributed by atoms with Crippen LogP contribution in [-0.4, -0.2) is 11.1 Å². The second kappa shape index (κ2) is 3.11. The van der Waals surface area contributed by atoms with Gasteiger partial charge in [0.25, 0.3) is 0 Å². The number of nitrogens with zero attached hydrogens (tertiary/aromatic N) is 1. The van der Waals surface area contributed by atoms with Crippen molar-refractivity contribution in [2.75, 3.05) is 6.54 Å². The molecule has 2 aromatic rings. The smallest absolute Gasteiger partial charge is 0.0485 e. The Morgan fingerprint density at radius 2 is 2.27 bits per heavy atom. The van der Waals surface area contributed by atoms with Gasteiger partial charge in [0.2, 0.25) is 0 Å². The van der Waals surface area contributed by atoms with E-state index in [0.717, 1.165) is 6.54 Å². The molecule has 2 heterocycles. The number of hydrogen-bond acceptors (Lipinski definition) is 1. The van der Waals surface area contributed by atoms with Crippen LogP contribution in [0.15, 0.2) is 24.3 Å². The van der Waals surface area contributed by atoms with E-state index in [1.807, 2.05) is 0 Å². The molecule has 1 atom stereocenters. The highest BCUT2D eigenvalue weighted by atomic mass is 15.1. The van der Waals surface area contributed by atoms with E-state index in [4.69, 9.17) is 5.73 Å². The molecule has 0 saturated carbocycles. The second-order valence-electron chi connectivity index (χ2n) is 4.50. The average Bonchev–Trinajstić information content (AvgIpc) is 2.74. The fourth-order valence-electron chi connectivity index (χ4n) is 2.70. The molecule has 78 valence electrons. The first kappa shape index (κ1) is 8.98. The van der Waals surface area contributed by atoms with Gasteiger partial charge in [-0.05, 0) is 38.0 Å². The molecular formula is C13H16N2. The van der Waals surface area contributed by atoms with E-state index in [2.05, 4.69) is 35.8 Å². The lowest BCUT2D eigenvalue weighted by molar-refractivity contribution is 0.553. The van der Waals surface area contributed by atoms with Crippen LogP contribution >= 0.6 is 0 Å². The minimum atomic E-state index is 0.514. The fraction of sp³-hybridized carbons (Fsp3) is 0.385. The van der Waals surface area contributed by atoms with Gasteiger partial charge in [-0.15, -0.1) is 0 Å². The maximum Gasteiger partial charge on any atom is 0.0485 e. The van der Waals surface area contributed by atoms with Gasteiger partial charge in [-0.25, -0.2) is 0 Å². The Balaban J connectivity index is 2.27. The van der Waals surface area contributed by atoms with Crippen LogP contribution in [0.3, 0.4) is 0 Å². The predicted octanol–water partition coefficient (Wildman–Crippen LogP) is 2.40. The number of nitrogens with two attached hydrogens (primary N) is 1. The largest absolute Gasteiger partial charge is 0.340 e. The first-order chi connectivity index (χ1) is 7.29. The quantitative estimate of drug-likeness (QED) is 0.753. The molecule has 1 aromatic heterocycles. The Hall–Kier alpha value is -1.28. The molecule has 1 aliphatic rings. The first-order valence-electron chi connectivity index (χ1n) is 5.60. The molecule has 2 N–H and O–H groups in total. The molecule has 0 aliphatic carbocycles. The van der Waals surface area contributed by atoms with Crippen molar-refractivity contribution < 1.29 is 0 Å². The highest BCUT2D eigenvalue weighted by Gasteiger charge is 2.22. The summed E-state index contributed by atoms with van der Waals surface area (Å²) in [6, 6.07) is 9.50. The van der Waals surface area contributed by atoms with Crippen molar-refractivity contribution in [2.45, 2.75) is 25.8 Å². The maximum absolute atomic E-state index is 5.81. The normalized spacial score (nSPS) is 19.7. The Morgan fingerprint density at radius 1 is 1.40 bits per heavy atom. The standard InChI is InChI=1S/C13H16N2/c1-9-2-5-13-10(6-9)7-11-3-4-12(8-14)15(11)13/h2,5-7,12H,3-4,8,14H2,1H3. The van der Waals surface area contributed by atoms with Crippen LogP contribution in [0.4, 0.5) is 0 Å². The van der Waals surface area contributed by atoms with Crippen LogP contribution in [0, 0.1) is 6.92 Å². The molecule has 1 aromatic carbocycles. The van der Waals surface area contributed by atoms with E-state index in [1.165, 1.54) is 35.0 Å². The van der Waals surface area contributed by atoms with Crippen LogP contribution in [0.25, 0.3) is 10.9 Å². The summed E-state index contributed by atoms with van der Waals surface area (Å²) in [6.45, 7) is 2.90. The number of fused-ring (bicyclic) bond motifs is 3. The molecule has 2 heteroatoms. The summed E-state index contributed by atoms with van der Waals surface area (Å²) in [7, 11) is 0. The molecule has 0 amide bonds. The zero-order chi connectivity index (χ0) is 10.4. The highest BCUT2D eigenvalue weighted by Crippen LogP contribution is 2.32. The van der Waals surface area contributed by atoms with E-state index in [1.54, 1.807) is 0 Å². The number of aromatic nitrogens is 1. The summed E-state index contributed by atoms with van der Waals surface area (Å²) < 4.78 is 2.43. The van der Waals surface area contributed by atoms with Crippen LogP contribution in [-0.2, 0) is 6.42 Å². The van der Waals surface area contributed by atoms with Gasteiger partial charge in [0.05, 0.1) is 0 Å². The summed E-state index contributed by atoms with van der Waals surface area (Å²) >= 11 is 0. The number of rotatable bonds is 1. The van der Waals surface area contributed by atoms with Crippen molar-refractivity contribution in [3.8, 4) is 0 Å². The Labute approximate surface area is 89.7 Å². The summed E-state index contributed by atoms with van der Waals surface area (Å²) in [5.41, 5.74) is 9.94. The number of benzene rings is 1. The van der Waals surface area contributed by atoms with Crippen LogP contribution in [0.2, 0.25) is 0 Å². The van der Waals surface area contributed by atoms with E-state index in [0.29, 0.717) is 6.04 Å². The topological polar surface area (TPSA) is 30.9 Å². The Morgan fingerprint density at radius 3 is 3.07 bits per heavy atom. The van der Waals surface area contributed by atoms with E-state index in [9.17, 15) is 0 Å². The van der Waals surface area contributed by atoms with Gasteiger partial charge in [0, 0.05) is 29.2 Å². The van der Waals surface area contributed by atoms with Gasteiger partial charge in [-0.3, -0.25) is 0 Å². The van der Waals surface area contributed by atoms with Crippen LogP contribution in [0.5, 0.6) is 0 Å². The average molecular weight is 200 g/mol. The molecule has 2 nitrogen and oxygen atoms in total. The number of aryl methyl sites for hydroxylation is 2.